The quantitative estimate of drug-likeness (QED) is 0.743. The fourth-order valence-electron chi connectivity index (χ4n) is 4.41. The van der Waals surface area contributed by atoms with E-state index in [2.05, 4.69) is 42.8 Å². The van der Waals surface area contributed by atoms with E-state index in [4.69, 9.17) is 9.47 Å². The monoisotopic (exact) mass is 436 g/mol. The standard InChI is InChI=1S/C23H37FN4O3/c1-17-13-28(14-18(2)31-17)23(3,4)16-25-22(29)27-10-8-26(9-11-27)15-19-12-20(24)6-7-21(19)30-5/h6-7,12,17-18H,8-11,13-16H2,1-5H3,(H,25,29). The fraction of sp³-hybridized carbons (Fsp3) is 0.696. The molecule has 0 aromatic heterocycles. The predicted octanol–water partition coefficient (Wildman–Crippen LogP) is 2.55. The Labute approximate surface area is 185 Å². The van der Waals surface area contributed by atoms with Crippen LogP contribution in [0.4, 0.5) is 9.18 Å². The molecule has 0 aliphatic carbocycles. The molecule has 174 valence electrons. The van der Waals surface area contributed by atoms with Crippen LogP contribution in [0.25, 0.3) is 0 Å². The molecule has 2 unspecified atom stereocenters. The molecule has 2 aliphatic rings. The first kappa shape index (κ1) is 23.8. The average Bonchev–Trinajstić information content (AvgIpc) is 2.72. The Morgan fingerprint density at radius 3 is 2.45 bits per heavy atom. The minimum atomic E-state index is -0.263. The van der Waals surface area contributed by atoms with Crippen molar-refractivity contribution in [2.75, 3.05) is 52.9 Å². The molecule has 31 heavy (non-hydrogen) atoms. The lowest BCUT2D eigenvalue weighted by molar-refractivity contribution is -0.0948. The maximum absolute atomic E-state index is 13.6. The maximum atomic E-state index is 13.6. The summed E-state index contributed by atoms with van der Waals surface area (Å²) in [5.41, 5.74) is 0.689. The van der Waals surface area contributed by atoms with Crippen LogP contribution in [-0.4, -0.2) is 91.4 Å². The zero-order valence-corrected chi connectivity index (χ0v) is 19.5. The number of nitrogens with zero attached hydrogens (tertiary/aromatic N) is 3. The van der Waals surface area contributed by atoms with E-state index in [0.29, 0.717) is 31.9 Å². The first-order chi connectivity index (χ1) is 14.7. The predicted molar refractivity (Wildman–Crippen MR) is 119 cm³/mol. The van der Waals surface area contributed by atoms with Crippen LogP contribution in [0.1, 0.15) is 33.3 Å². The van der Waals surface area contributed by atoms with Gasteiger partial charge in [0.1, 0.15) is 11.6 Å². The van der Waals surface area contributed by atoms with Gasteiger partial charge in [0, 0.05) is 63.5 Å². The van der Waals surface area contributed by atoms with E-state index in [1.807, 2.05) is 4.90 Å². The Balaban J connectivity index is 1.46. The van der Waals surface area contributed by atoms with E-state index >= 15 is 0 Å². The van der Waals surface area contributed by atoms with Crippen LogP contribution in [0.2, 0.25) is 0 Å². The van der Waals surface area contributed by atoms with Crippen molar-refractivity contribution in [1.29, 1.82) is 0 Å². The summed E-state index contributed by atoms with van der Waals surface area (Å²) in [6.07, 6.45) is 0.395. The number of amides is 2. The Morgan fingerprint density at radius 2 is 1.84 bits per heavy atom. The zero-order valence-electron chi connectivity index (χ0n) is 19.5. The number of methoxy groups -OCH3 is 1. The summed E-state index contributed by atoms with van der Waals surface area (Å²) in [5.74, 6) is 0.427. The highest BCUT2D eigenvalue weighted by molar-refractivity contribution is 5.74. The number of nitrogens with one attached hydrogen (secondary N) is 1. The number of urea groups is 1. The lowest BCUT2D eigenvalue weighted by Crippen LogP contribution is -2.60. The van der Waals surface area contributed by atoms with Gasteiger partial charge in [-0.05, 0) is 45.9 Å². The van der Waals surface area contributed by atoms with Crippen LogP contribution in [0.15, 0.2) is 18.2 Å². The molecule has 1 aromatic carbocycles. The van der Waals surface area contributed by atoms with E-state index in [1.54, 1.807) is 13.2 Å². The molecule has 8 heteroatoms. The summed E-state index contributed by atoms with van der Waals surface area (Å²) in [4.78, 5) is 19.2. The van der Waals surface area contributed by atoms with Crippen molar-refractivity contribution in [3.8, 4) is 5.75 Å². The van der Waals surface area contributed by atoms with Crippen LogP contribution in [-0.2, 0) is 11.3 Å². The second-order valence-electron chi connectivity index (χ2n) is 9.35. The Bertz CT molecular complexity index is 742. The van der Waals surface area contributed by atoms with Crippen molar-refractivity contribution >= 4 is 6.03 Å². The molecule has 0 saturated carbocycles. The first-order valence-corrected chi connectivity index (χ1v) is 11.2. The van der Waals surface area contributed by atoms with Crippen molar-refractivity contribution in [2.45, 2.75) is 52.0 Å². The van der Waals surface area contributed by atoms with Gasteiger partial charge in [0.05, 0.1) is 19.3 Å². The van der Waals surface area contributed by atoms with Crippen LogP contribution in [0, 0.1) is 5.82 Å². The number of piperazine rings is 1. The van der Waals surface area contributed by atoms with Gasteiger partial charge in [-0.3, -0.25) is 9.80 Å². The van der Waals surface area contributed by atoms with E-state index in [9.17, 15) is 9.18 Å². The topological polar surface area (TPSA) is 57.3 Å². The molecule has 0 spiro atoms. The van der Waals surface area contributed by atoms with E-state index in [-0.39, 0.29) is 29.6 Å². The van der Waals surface area contributed by atoms with Gasteiger partial charge in [-0.15, -0.1) is 0 Å². The summed E-state index contributed by atoms with van der Waals surface area (Å²) in [5, 5.41) is 3.13. The summed E-state index contributed by atoms with van der Waals surface area (Å²) >= 11 is 0. The third kappa shape index (κ3) is 6.30. The molecule has 2 saturated heterocycles. The molecular formula is C23H37FN4O3. The smallest absolute Gasteiger partial charge is 0.317 e. The Morgan fingerprint density at radius 1 is 1.19 bits per heavy atom. The van der Waals surface area contributed by atoms with Crippen molar-refractivity contribution < 1.29 is 18.7 Å². The highest BCUT2D eigenvalue weighted by Crippen LogP contribution is 2.22. The van der Waals surface area contributed by atoms with Gasteiger partial charge in [-0.2, -0.15) is 0 Å². The highest BCUT2D eigenvalue weighted by atomic mass is 19.1. The van der Waals surface area contributed by atoms with Crippen LogP contribution < -0.4 is 10.1 Å². The number of hydrogen-bond donors (Lipinski definition) is 1. The van der Waals surface area contributed by atoms with Gasteiger partial charge in [0.25, 0.3) is 0 Å². The molecule has 2 fully saturated rings. The number of morpholine rings is 1. The average molecular weight is 437 g/mol. The molecular weight excluding hydrogens is 399 g/mol. The summed E-state index contributed by atoms with van der Waals surface area (Å²) in [6, 6.07) is 4.56. The fourth-order valence-corrected chi connectivity index (χ4v) is 4.41. The number of benzene rings is 1. The largest absolute Gasteiger partial charge is 0.496 e. The molecule has 2 aliphatic heterocycles. The number of rotatable bonds is 6. The minimum absolute atomic E-state index is 0.0228. The van der Waals surface area contributed by atoms with Crippen molar-refractivity contribution in [3.05, 3.63) is 29.6 Å². The van der Waals surface area contributed by atoms with Gasteiger partial charge in [-0.1, -0.05) is 0 Å². The summed E-state index contributed by atoms with van der Waals surface area (Å²) in [6.45, 7) is 14.2. The van der Waals surface area contributed by atoms with Crippen LogP contribution in [0.3, 0.4) is 0 Å². The van der Waals surface area contributed by atoms with Crippen LogP contribution in [0.5, 0.6) is 5.75 Å². The molecule has 2 atom stereocenters. The first-order valence-electron chi connectivity index (χ1n) is 11.2. The molecule has 0 radical (unpaired) electrons. The maximum Gasteiger partial charge on any atom is 0.317 e. The van der Waals surface area contributed by atoms with E-state index < -0.39 is 0 Å². The van der Waals surface area contributed by atoms with Crippen molar-refractivity contribution in [3.63, 3.8) is 0 Å². The summed E-state index contributed by atoms with van der Waals surface area (Å²) in [7, 11) is 1.60. The second-order valence-corrected chi connectivity index (χ2v) is 9.35. The Kier molecular flexibility index (Phi) is 7.78. The molecule has 2 amide bonds. The van der Waals surface area contributed by atoms with E-state index in [1.165, 1.54) is 12.1 Å². The lowest BCUT2D eigenvalue weighted by atomic mass is 10.00. The number of carbonyl (C=O) groups is 1. The number of hydrogen-bond acceptors (Lipinski definition) is 5. The lowest BCUT2D eigenvalue weighted by Gasteiger charge is -2.45. The van der Waals surface area contributed by atoms with Crippen LogP contribution >= 0.6 is 0 Å². The third-order valence-corrected chi connectivity index (χ3v) is 6.24. The van der Waals surface area contributed by atoms with Crippen molar-refractivity contribution in [1.82, 2.24) is 20.0 Å². The third-order valence-electron chi connectivity index (χ3n) is 6.24. The minimum Gasteiger partial charge on any atom is -0.496 e. The molecule has 2 heterocycles. The van der Waals surface area contributed by atoms with Gasteiger partial charge >= 0.3 is 6.03 Å². The number of carbonyl (C=O) groups excluding carboxylic acids is 1. The molecule has 3 rings (SSSR count). The number of halogens is 1. The van der Waals surface area contributed by atoms with Gasteiger partial charge in [0.2, 0.25) is 0 Å². The van der Waals surface area contributed by atoms with E-state index in [0.717, 1.165) is 31.7 Å². The van der Waals surface area contributed by atoms with Gasteiger partial charge in [0.15, 0.2) is 0 Å². The second kappa shape index (κ2) is 10.1. The van der Waals surface area contributed by atoms with Crippen molar-refractivity contribution in [2.24, 2.45) is 0 Å². The number of ether oxygens (including phenoxy) is 2. The zero-order chi connectivity index (χ0) is 22.6. The molecule has 1 aromatic rings. The molecule has 7 nitrogen and oxygen atoms in total. The summed E-state index contributed by atoms with van der Waals surface area (Å²) < 4.78 is 24.8. The molecule has 1 N–H and O–H groups in total. The normalized spacial score (nSPS) is 23.6. The van der Waals surface area contributed by atoms with Gasteiger partial charge < -0.3 is 19.7 Å². The highest BCUT2D eigenvalue weighted by Gasteiger charge is 2.34. The SMILES string of the molecule is COc1ccc(F)cc1CN1CCN(C(=O)NCC(C)(C)N2CC(C)OC(C)C2)CC1. The molecule has 0 bridgehead atoms. The van der Waals surface area contributed by atoms with Gasteiger partial charge in [-0.25, -0.2) is 9.18 Å². The Hall–Kier alpha value is -1.90.